The van der Waals surface area contributed by atoms with E-state index in [0.717, 1.165) is 11.3 Å². The number of hydrogen-bond donors (Lipinski definition) is 1. The van der Waals surface area contributed by atoms with Gasteiger partial charge < -0.3 is 5.32 Å². The standard InChI is InChI=1S/C8H7NO/c10-8-5-6-3-1-2-4-7(6)9-8/h1-4H,5H2,(H,9,10)/i2D. The summed E-state index contributed by atoms with van der Waals surface area (Å²) in [7, 11) is 0. The maximum absolute atomic E-state index is 10.8. The Morgan fingerprint density at radius 1 is 1.60 bits per heavy atom. The molecule has 1 aromatic rings. The lowest BCUT2D eigenvalue weighted by atomic mass is 10.2. The maximum Gasteiger partial charge on any atom is 0.228 e. The molecular formula is C8H7NO. The van der Waals surface area contributed by atoms with E-state index in [-0.39, 0.29) is 5.91 Å². The van der Waals surface area contributed by atoms with Crippen LogP contribution in [0, 0.1) is 0 Å². The van der Waals surface area contributed by atoms with Crippen LogP contribution in [0.1, 0.15) is 6.93 Å². The molecule has 1 aliphatic rings. The van der Waals surface area contributed by atoms with Crippen LogP contribution in [-0.4, -0.2) is 5.91 Å². The monoisotopic (exact) mass is 134 g/mol. The number of fused-ring (bicyclic) bond motifs is 1. The Labute approximate surface area is 60.3 Å². The number of para-hydroxylation sites is 1. The molecule has 0 aromatic heterocycles. The van der Waals surface area contributed by atoms with E-state index in [9.17, 15) is 4.79 Å². The van der Waals surface area contributed by atoms with E-state index in [2.05, 4.69) is 5.32 Å². The summed E-state index contributed by atoms with van der Waals surface area (Å²) in [6, 6.07) is 5.61. The van der Waals surface area contributed by atoms with Crippen LogP contribution in [-0.2, 0) is 11.2 Å². The molecule has 2 nitrogen and oxygen atoms in total. The molecule has 2 heteroatoms. The lowest BCUT2D eigenvalue weighted by molar-refractivity contribution is -0.115. The summed E-state index contributed by atoms with van der Waals surface area (Å²) in [6.45, 7) is 0. The molecule has 1 N–H and O–H groups in total. The second kappa shape index (κ2) is 1.84. The average Bonchev–Trinajstić information content (AvgIpc) is 2.27. The van der Waals surface area contributed by atoms with Crippen molar-refractivity contribution in [2.75, 3.05) is 5.32 Å². The molecule has 0 spiro atoms. The maximum atomic E-state index is 10.8. The van der Waals surface area contributed by atoms with Gasteiger partial charge in [0.2, 0.25) is 5.91 Å². The first-order valence-corrected chi connectivity index (χ1v) is 3.15. The number of amides is 1. The molecule has 1 amide bonds. The Balaban J connectivity index is 2.51. The smallest absolute Gasteiger partial charge is 0.228 e. The van der Waals surface area contributed by atoms with Gasteiger partial charge in [0.05, 0.1) is 7.79 Å². The number of carbonyl (C=O) groups is 1. The van der Waals surface area contributed by atoms with E-state index >= 15 is 0 Å². The highest BCUT2D eigenvalue weighted by atomic mass is 16.1. The number of carbonyl (C=O) groups excluding carboxylic acids is 1. The number of benzene rings is 1. The summed E-state index contributed by atoms with van der Waals surface area (Å²) in [6.07, 6.45) is 0.454. The van der Waals surface area contributed by atoms with Gasteiger partial charge in [0.15, 0.2) is 0 Å². The van der Waals surface area contributed by atoms with E-state index < -0.39 is 0 Å². The molecule has 0 aliphatic carbocycles. The largest absolute Gasteiger partial charge is 0.326 e. The SMILES string of the molecule is [2H]c1ccc2c(c1)NC(=O)C2. The molecule has 1 aromatic carbocycles. The molecule has 0 radical (unpaired) electrons. The third kappa shape index (κ3) is 0.692. The summed E-state index contributed by atoms with van der Waals surface area (Å²) in [4.78, 5) is 10.8. The fraction of sp³-hybridized carbons (Fsp3) is 0.125. The Hall–Kier alpha value is -1.31. The molecule has 1 aliphatic heterocycles. The van der Waals surface area contributed by atoms with Crippen molar-refractivity contribution in [2.24, 2.45) is 0 Å². The quantitative estimate of drug-likeness (QED) is 0.567. The number of hydrogen-bond acceptors (Lipinski definition) is 1. The third-order valence-corrected chi connectivity index (χ3v) is 1.58. The number of anilines is 1. The van der Waals surface area contributed by atoms with Crippen molar-refractivity contribution >= 4 is 11.6 Å². The molecular weight excluding hydrogens is 126 g/mol. The van der Waals surface area contributed by atoms with Crippen molar-refractivity contribution in [2.45, 2.75) is 6.42 Å². The van der Waals surface area contributed by atoms with Crippen LogP contribution < -0.4 is 5.32 Å². The van der Waals surface area contributed by atoms with E-state index in [1.54, 1.807) is 12.1 Å². The lowest BCUT2D eigenvalue weighted by Crippen LogP contribution is -2.03. The van der Waals surface area contributed by atoms with E-state index in [1.165, 1.54) is 0 Å². The molecule has 0 saturated heterocycles. The van der Waals surface area contributed by atoms with Crippen molar-refractivity contribution in [1.29, 1.82) is 0 Å². The zero-order valence-electron chi connectivity index (χ0n) is 6.35. The first-order valence-electron chi connectivity index (χ1n) is 3.65. The Morgan fingerprint density at radius 2 is 2.50 bits per heavy atom. The highest BCUT2D eigenvalue weighted by Crippen LogP contribution is 2.20. The minimum Gasteiger partial charge on any atom is -0.326 e. The van der Waals surface area contributed by atoms with Crippen LogP contribution in [0.15, 0.2) is 24.2 Å². The second-order valence-corrected chi connectivity index (χ2v) is 2.31. The van der Waals surface area contributed by atoms with E-state index in [4.69, 9.17) is 1.37 Å². The van der Waals surface area contributed by atoms with Gasteiger partial charge in [-0.05, 0) is 11.6 Å². The van der Waals surface area contributed by atoms with Gasteiger partial charge in [-0.1, -0.05) is 18.2 Å². The molecule has 0 atom stereocenters. The molecule has 0 fully saturated rings. The molecule has 2 rings (SSSR count). The summed E-state index contributed by atoms with van der Waals surface area (Å²) in [5.41, 5.74) is 1.79. The molecule has 1 heterocycles. The highest BCUT2D eigenvalue weighted by Gasteiger charge is 2.15. The van der Waals surface area contributed by atoms with Gasteiger partial charge in [-0.2, -0.15) is 0 Å². The van der Waals surface area contributed by atoms with Crippen LogP contribution in [0.2, 0.25) is 0 Å². The van der Waals surface area contributed by atoms with Gasteiger partial charge in [0, 0.05) is 5.69 Å². The summed E-state index contributed by atoms with van der Waals surface area (Å²) in [5.74, 6) is 0.0191. The summed E-state index contributed by atoms with van der Waals surface area (Å²) in [5, 5.41) is 2.68. The number of rotatable bonds is 0. The lowest BCUT2D eigenvalue weighted by Gasteiger charge is -1.93. The minimum atomic E-state index is 0.0191. The highest BCUT2D eigenvalue weighted by molar-refractivity contribution is 5.98. The molecule has 50 valence electrons. The van der Waals surface area contributed by atoms with Gasteiger partial charge in [0.25, 0.3) is 0 Å². The average molecular weight is 134 g/mol. The number of nitrogens with one attached hydrogen (secondary N) is 1. The van der Waals surface area contributed by atoms with Gasteiger partial charge in [-0.15, -0.1) is 0 Å². The zero-order valence-corrected chi connectivity index (χ0v) is 5.35. The van der Waals surface area contributed by atoms with Gasteiger partial charge in [-0.3, -0.25) is 4.79 Å². The fourth-order valence-electron chi connectivity index (χ4n) is 1.10. The first-order chi connectivity index (χ1) is 5.25. The first kappa shape index (κ1) is 4.50. The van der Waals surface area contributed by atoms with Crippen molar-refractivity contribution in [3.8, 4) is 0 Å². The second-order valence-electron chi connectivity index (χ2n) is 2.31. The fourth-order valence-corrected chi connectivity index (χ4v) is 1.10. The Kier molecular flexibility index (Phi) is 0.826. The van der Waals surface area contributed by atoms with Crippen molar-refractivity contribution < 1.29 is 6.17 Å². The third-order valence-electron chi connectivity index (χ3n) is 1.58. The van der Waals surface area contributed by atoms with Crippen molar-refractivity contribution in [3.05, 3.63) is 29.8 Å². The minimum absolute atomic E-state index is 0.0191. The summed E-state index contributed by atoms with van der Waals surface area (Å²) < 4.78 is 7.28. The zero-order chi connectivity index (χ0) is 7.84. The van der Waals surface area contributed by atoms with Crippen LogP contribution >= 0.6 is 0 Å². The van der Waals surface area contributed by atoms with Crippen molar-refractivity contribution in [3.63, 3.8) is 0 Å². The Morgan fingerprint density at radius 3 is 3.40 bits per heavy atom. The normalized spacial score (nSPS) is 16.0. The van der Waals surface area contributed by atoms with Gasteiger partial charge in [-0.25, -0.2) is 0 Å². The molecule has 0 bridgehead atoms. The van der Waals surface area contributed by atoms with Crippen LogP contribution in [0.5, 0.6) is 0 Å². The van der Waals surface area contributed by atoms with Gasteiger partial charge in [0.1, 0.15) is 0 Å². The van der Waals surface area contributed by atoms with Crippen molar-refractivity contribution in [1.82, 2.24) is 0 Å². The molecule has 0 saturated carbocycles. The Bertz CT molecular complexity index is 322. The predicted octanol–water partition coefficient (Wildman–Crippen LogP) is 1.18. The van der Waals surface area contributed by atoms with E-state index in [1.807, 2.05) is 6.07 Å². The molecule has 10 heavy (non-hydrogen) atoms. The predicted molar refractivity (Wildman–Crippen MR) is 38.8 cm³/mol. The van der Waals surface area contributed by atoms with Gasteiger partial charge >= 0.3 is 0 Å². The van der Waals surface area contributed by atoms with Crippen LogP contribution in [0.4, 0.5) is 5.69 Å². The van der Waals surface area contributed by atoms with E-state index in [0.29, 0.717) is 12.5 Å². The summed E-state index contributed by atoms with van der Waals surface area (Å²) >= 11 is 0. The topological polar surface area (TPSA) is 29.1 Å². The van der Waals surface area contributed by atoms with Crippen LogP contribution in [0.3, 0.4) is 0 Å². The molecule has 0 unspecified atom stereocenters. The van der Waals surface area contributed by atoms with Crippen LogP contribution in [0.25, 0.3) is 0 Å².